The quantitative estimate of drug-likeness (QED) is 0.171. The number of hydrogen-bond donors (Lipinski definition) is 0. The van der Waals surface area contributed by atoms with E-state index in [0.717, 1.165) is 10.8 Å². The Hall–Kier alpha value is -8.64. The van der Waals surface area contributed by atoms with Crippen molar-refractivity contribution in [1.29, 1.82) is 42.1 Å². The molecule has 2 aromatic heterocycles. The van der Waals surface area contributed by atoms with E-state index in [2.05, 4.69) is 12.1 Å². The van der Waals surface area contributed by atoms with Crippen molar-refractivity contribution in [3.63, 3.8) is 0 Å². The van der Waals surface area contributed by atoms with Gasteiger partial charge in [-0.05, 0) is 77.4 Å². The van der Waals surface area contributed by atoms with Gasteiger partial charge in [-0.25, -0.2) is 0 Å². The number of aromatic nitrogens is 1. The van der Waals surface area contributed by atoms with E-state index in [4.69, 9.17) is 4.42 Å². The number of furan rings is 1. The smallest absolute Gasteiger partial charge is 0.161 e. The Morgan fingerprint density at radius 1 is 0.490 bits per heavy atom. The highest BCUT2D eigenvalue weighted by Gasteiger charge is 2.32. The van der Waals surface area contributed by atoms with Crippen LogP contribution in [0.5, 0.6) is 0 Å². The zero-order valence-electron chi connectivity index (χ0n) is 26.1. The van der Waals surface area contributed by atoms with Gasteiger partial charge in [-0.2, -0.15) is 42.1 Å². The fourth-order valence-corrected chi connectivity index (χ4v) is 6.79. The van der Waals surface area contributed by atoms with Crippen LogP contribution in [0, 0.1) is 90.6 Å². The third-order valence-corrected chi connectivity index (χ3v) is 8.79. The summed E-state index contributed by atoms with van der Waals surface area (Å²) in [5.41, 5.74) is 2.88. The van der Waals surface area contributed by atoms with Crippen molar-refractivity contribution in [3.05, 3.63) is 146 Å². The first-order valence-corrected chi connectivity index (χ1v) is 15.1. The van der Waals surface area contributed by atoms with Crippen LogP contribution in [0.25, 0.3) is 38.7 Å². The second-order valence-electron chi connectivity index (χ2n) is 11.4. The highest BCUT2D eigenvalue weighted by Crippen LogP contribution is 2.44. The topological polar surface area (TPSA) is 208 Å². The van der Waals surface area contributed by atoms with Gasteiger partial charge in [-0.3, -0.25) is 0 Å². The maximum Gasteiger partial charge on any atom is 0.161 e. The number of nitriles is 8. The number of rotatable bonds is 4. The molecule has 10 nitrogen and oxygen atoms in total. The molecule has 0 amide bonds. The SMILES string of the molecule is N#Cc1cc(C#N)c(C(c2cc(C#N)c(-n3c4ccccc4c4oc5ccccc5c43)c(C#N)c2)c2c(C#N)cc(C#N)cc2C#N)c(C#N)c1. The molecular weight excluding hydrogens is 635 g/mol. The molecule has 7 aromatic rings. The maximum absolute atomic E-state index is 10.8. The minimum absolute atomic E-state index is 0.0352. The summed E-state index contributed by atoms with van der Waals surface area (Å²) >= 11 is 0. The standard InChI is InChI=1S/C41H15N9O/c42-15-23-9-26(17-44)36(27(10-23)18-45)38(37-28(19-46)11-24(16-43)12-29(37)20-47)25-13-30(21-48)39(31(14-25)22-49)50-34-7-3-1-5-32(34)41-40(50)33-6-2-4-8-35(33)51-41/h1-14,38H. The van der Waals surface area contributed by atoms with Crippen molar-refractivity contribution in [2.24, 2.45) is 0 Å². The fourth-order valence-electron chi connectivity index (χ4n) is 6.79. The van der Waals surface area contributed by atoms with Crippen LogP contribution in [0.15, 0.2) is 89.3 Å². The van der Waals surface area contributed by atoms with Gasteiger partial charge < -0.3 is 8.98 Å². The third-order valence-electron chi connectivity index (χ3n) is 8.79. The molecule has 0 atom stereocenters. The molecule has 0 radical (unpaired) electrons. The molecule has 2 heterocycles. The van der Waals surface area contributed by atoms with Gasteiger partial charge in [0, 0.05) is 16.7 Å². The number of para-hydroxylation sites is 2. The lowest BCUT2D eigenvalue weighted by Crippen LogP contribution is -2.14. The molecule has 7 rings (SSSR count). The van der Waals surface area contributed by atoms with Gasteiger partial charge in [0.25, 0.3) is 0 Å². The molecular formula is C41H15N9O. The summed E-state index contributed by atoms with van der Waals surface area (Å²) in [6.07, 6.45) is 0. The molecule has 0 spiro atoms. The zero-order chi connectivity index (χ0) is 35.8. The van der Waals surface area contributed by atoms with Crippen molar-refractivity contribution in [3.8, 4) is 54.2 Å². The van der Waals surface area contributed by atoms with Crippen molar-refractivity contribution in [1.82, 2.24) is 4.57 Å². The molecule has 51 heavy (non-hydrogen) atoms. The second-order valence-corrected chi connectivity index (χ2v) is 11.4. The minimum atomic E-state index is -1.25. The number of benzene rings is 5. The lowest BCUT2D eigenvalue weighted by atomic mass is 9.76. The minimum Gasteiger partial charge on any atom is -0.454 e. The highest BCUT2D eigenvalue weighted by molar-refractivity contribution is 6.16. The molecule has 0 fully saturated rings. The van der Waals surface area contributed by atoms with Crippen molar-refractivity contribution in [2.45, 2.75) is 5.92 Å². The molecule has 5 aromatic carbocycles. The van der Waals surface area contributed by atoms with E-state index in [1.165, 1.54) is 36.4 Å². The molecule has 0 saturated heterocycles. The molecule has 0 unspecified atom stereocenters. The van der Waals surface area contributed by atoms with Gasteiger partial charge in [0.1, 0.15) is 23.2 Å². The van der Waals surface area contributed by atoms with Crippen molar-refractivity contribution in [2.75, 3.05) is 0 Å². The van der Waals surface area contributed by atoms with E-state index in [1.54, 1.807) is 4.57 Å². The Balaban J connectivity index is 1.64. The summed E-state index contributed by atoms with van der Waals surface area (Å²) in [6.45, 7) is 0. The summed E-state index contributed by atoms with van der Waals surface area (Å²) in [7, 11) is 0. The second kappa shape index (κ2) is 12.2. The van der Waals surface area contributed by atoms with Gasteiger partial charge in [0.05, 0.1) is 92.1 Å². The first-order valence-electron chi connectivity index (χ1n) is 15.1. The van der Waals surface area contributed by atoms with Crippen LogP contribution in [0.1, 0.15) is 67.1 Å². The lowest BCUT2D eigenvalue weighted by molar-refractivity contribution is 0.673. The zero-order valence-corrected chi connectivity index (χ0v) is 26.1. The molecule has 0 N–H and O–H groups in total. The average Bonchev–Trinajstić information content (AvgIpc) is 3.72. The van der Waals surface area contributed by atoms with Crippen LogP contribution >= 0.6 is 0 Å². The first-order chi connectivity index (χ1) is 24.9. The Labute approximate surface area is 289 Å². The molecule has 230 valence electrons. The van der Waals surface area contributed by atoms with Gasteiger partial charge in [-0.1, -0.05) is 24.3 Å². The number of hydrogen-bond acceptors (Lipinski definition) is 9. The van der Waals surface area contributed by atoms with Crippen LogP contribution in [0.4, 0.5) is 0 Å². The van der Waals surface area contributed by atoms with Crippen LogP contribution in [-0.2, 0) is 0 Å². The van der Waals surface area contributed by atoms with E-state index in [9.17, 15) is 42.1 Å². The fraction of sp³-hybridized carbons (Fsp3) is 0.0244. The number of fused-ring (bicyclic) bond motifs is 5. The summed E-state index contributed by atoms with van der Waals surface area (Å²) in [4.78, 5) is 0. The van der Waals surface area contributed by atoms with E-state index >= 15 is 0 Å². The maximum atomic E-state index is 10.8. The van der Waals surface area contributed by atoms with E-state index < -0.39 is 5.92 Å². The summed E-state index contributed by atoms with van der Waals surface area (Å²) in [5, 5.41) is 83.6. The van der Waals surface area contributed by atoms with Crippen LogP contribution in [0.3, 0.4) is 0 Å². The largest absolute Gasteiger partial charge is 0.454 e. The highest BCUT2D eigenvalue weighted by atomic mass is 16.3. The number of nitrogens with zero attached hydrogens (tertiary/aromatic N) is 9. The Bertz CT molecular complexity index is 2830. The van der Waals surface area contributed by atoms with Crippen molar-refractivity contribution >= 4 is 33.0 Å². The van der Waals surface area contributed by atoms with Crippen molar-refractivity contribution < 1.29 is 4.42 Å². The van der Waals surface area contributed by atoms with Crippen LogP contribution < -0.4 is 0 Å². The summed E-state index contributed by atoms with van der Waals surface area (Å²) < 4.78 is 8.08. The van der Waals surface area contributed by atoms with Gasteiger partial charge in [-0.15, -0.1) is 0 Å². The molecule has 0 aliphatic heterocycles. The Morgan fingerprint density at radius 3 is 1.41 bits per heavy atom. The Morgan fingerprint density at radius 2 is 0.941 bits per heavy atom. The van der Waals surface area contributed by atoms with Gasteiger partial charge >= 0.3 is 0 Å². The molecule has 0 aliphatic rings. The predicted molar refractivity (Wildman–Crippen MR) is 182 cm³/mol. The summed E-state index contributed by atoms with van der Waals surface area (Å²) in [6, 6.07) is 39.5. The Kier molecular flexibility index (Phi) is 7.40. The monoisotopic (exact) mass is 649 g/mol. The molecule has 0 bridgehead atoms. The van der Waals surface area contributed by atoms with Gasteiger partial charge in [0.15, 0.2) is 5.58 Å². The lowest BCUT2D eigenvalue weighted by Gasteiger charge is -2.25. The first kappa shape index (κ1) is 31.0. The average molecular weight is 650 g/mol. The molecule has 0 aliphatic carbocycles. The molecule has 10 heteroatoms. The summed E-state index contributed by atoms with van der Waals surface area (Å²) in [5.74, 6) is -1.25. The normalized spacial score (nSPS) is 10.4. The van der Waals surface area contributed by atoms with Crippen LogP contribution in [0.2, 0.25) is 0 Å². The molecule has 0 saturated carbocycles. The predicted octanol–water partition coefficient (Wildman–Crippen LogP) is 7.68. The van der Waals surface area contributed by atoms with Crippen LogP contribution in [-0.4, -0.2) is 4.57 Å². The van der Waals surface area contributed by atoms with Gasteiger partial charge in [0.2, 0.25) is 0 Å². The third kappa shape index (κ3) is 4.65. The van der Waals surface area contributed by atoms with E-state index in [0.29, 0.717) is 22.2 Å². The van der Waals surface area contributed by atoms with E-state index in [-0.39, 0.29) is 66.9 Å². The van der Waals surface area contributed by atoms with E-state index in [1.807, 2.05) is 84.9 Å².